The molecule has 2 atom stereocenters. The third-order valence-electron chi connectivity index (χ3n) is 4.89. The van der Waals surface area contributed by atoms with Gasteiger partial charge in [-0.3, -0.25) is 4.79 Å². The summed E-state index contributed by atoms with van der Waals surface area (Å²) >= 11 is 1.80. The van der Waals surface area contributed by atoms with Crippen LogP contribution in [0.15, 0.2) is 35.2 Å². The van der Waals surface area contributed by atoms with Crippen molar-refractivity contribution in [2.24, 2.45) is 11.3 Å². The van der Waals surface area contributed by atoms with Crippen molar-refractivity contribution in [3.05, 3.63) is 30.3 Å². The van der Waals surface area contributed by atoms with Crippen LogP contribution in [-0.2, 0) is 4.79 Å². The van der Waals surface area contributed by atoms with Gasteiger partial charge in [0, 0.05) is 23.7 Å². The summed E-state index contributed by atoms with van der Waals surface area (Å²) in [4.78, 5) is 13.9. The van der Waals surface area contributed by atoms with Crippen LogP contribution in [0, 0.1) is 11.3 Å². The molecule has 0 radical (unpaired) electrons. The minimum atomic E-state index is -0.115. The highest BCUT2D eigenvalue weighted by atomic mass is 35.5. The van der Waals surface area contributed by atoms with Gasteiger partial charge in [-0.2, -0.15) is 0 Å². The molecule has 2 fully saturated rings. The van der Waals surface area contributed by atoms with Crippen LogP contribution in [0.2, 0.25) is 0 Å². The third kappa shape index (κ3) is 3.79. The lowest BCUT2D eigenvalue weighted by molar-refractivity contribution is -0.133. The first-order valence-electron chi connectivity index (χ1n) is 7.98. The van der Waals surface area contributed by atoms with E-state index in [0.29, 0.717) is 5.92 Å². The van der Waals surface area contributed by atoms with Crippen molar-refractivity contribution in [1.29, 1.82) is 0 Å². The number of amides is 1. The number of carbonyl (C=O) groups excluding carboxylic acids is 1. The van der Waals surface area contributed by atoms with Crippen molar-refractivity contribution >= 4 is 30.1 Å². The predicted octanol–water partition coefficient (Wildman–Crippen LogP) is 3.10. The molecular weight excluding hydrogens is 316 g/mol. The number of nitrogens with one attached hydrogen (secondary N) is 2. The van der Waals surface area contributed by atoms with Crippen LogP contribution in [0.5, 0.6) is 0 Å². The molecule has 1 saturated carbocycles. The van der Waals surface area contributed by atoms with E-state index in [9.17, 15) is 4.79 Å². The van der Waals surface area contributed by atoms with Gasteiger partial charge in [0.1, 0.15) is 0 Å². The Kier molecular flexibility index (Phi) is 6.60. The molecule has 22 heavy (non-hydrogen) atoms. The molecule has 1 heterocycles. The molecular formula is C17H25ClN2OS. The van der Waals surface area contributed by atoms with E-state index in [0.717, 1.165) is 31.8 Å². The summed E-state index contributed by atoms with van der Waals surface area (Å²) in [7, 11) is 0. The summed E-state index contributed by atoms with van der Waals surface area (Å²) in [6.07, 6.45) is 4.75. The fourth-order valence-corrected chi connectivity index (χ4v) is 4.51. The molecule has 0 aromatic heterocycles. The minimum absolute atomic E-state index is 0. The number of thioether (sulfide) groups is 1. The Morgan fingerprint density at radius 1 is 1.32 bits per heavy atom. The first-order valence-corrected chi connectivity index (χ1v) is 8.97. The van der Waals surface area contributed by atoms with E-state index < -0.39 is 0 Å². The molecule has 2 aliphatic rings. The molecule has 1 saturated heterocycles. The number of fused-ring (bicyclic) bond motifs is 1. The molecule has 1 aromatic carbocycles. The molecule has 3 rings (SSSR count). The van der Waals surface area contributed by atoms with Gasteiger partial charge in [-0.25, -0.2) is 0 Å². The van der Waals surface area contributed by atoms with E-state index in [1.807, 2.05) is 6.07 Å². The van der Waals surface area contributed by atoms with Crippen molar-refractivity contribution < 1.29 is 4.79 Å². The molecule has 2 N–H and O–H groups in total. The molecule has 1 aliphatic heterocycles. The van der Waals surface area contributed by atoms with Gasteiger partial charge in [-0.05, 0) is 37.4 Å². The lowest BCUT2D eigenvalue weighted by Crippen LogP contribution is -2.48. The lowest BCUT2D eigenvalue weighted by atomic mass is 9.67. The van der Waals surface area contributed by atoms with Gasteiger partial charge in [-0.1, -0.05) is 31.0 Å². The van der Waals surface area contributed by atoms with Crippen LogP contribution in [0.25, 0.3) is 0 Å². The van der Waals surface area contributed by atoms with Crippen molar-refractivity contribution in [3.8, 4) is 0 Å². The fourth-order valence-electron chi connectivity index (χ4n) is 3.72. The summed E-state index contributed by atoms with van der Waals surface area (Å²) in [5, 5.41) is 6.62. The summed E-state index contributed by atoms with van der Waals surface area (Å²) in [5.74, 6) is 1.77. The topological polar surface area (TPSA) is 41.1 Å². The Hall–Kier alpha value is -0.710. The number of benzene rings is 1. The Balaban J connectivity index is 0.00000176. The second-order valence-electron chi connectivity index (χ2n) is 6.15. The van der Waals surface area contributed by atoms with Gasteiger partial charge in [0.15, 0.2) is 0 Å². The Bertz CT molecular complexity index is 485. The average molecular weight is 341 g/mol. The van der Waals surface area contributed by atoms with Crippen LogP contribution in [-0.4, -0.2) is 31.3 Å². The highest BCUT2D eigenvalue weighted by molar-refractivity contribution is 7.99. The van der Waals surface area contributed by atoms with Crippen molar-refractivity contribution in [2.45, 2.75) is 30.6 Å². The maximum atomic E-state index is 12.7. The number of hydrogen-bond acceptors (Lipinski definition) is 3. The van der Waals surface area contributed by atoms with E-state index in [1.165, 1.54) is 24.2 Å². The smallest absolute Gasteiger partial charge is 0.227 e. The van der Waals surface area contributed by atoms with Crippen molar-refractivity contribution in [3.63, 3.8) is 0 Å². The van der Waals surface area contributed by atoms with Crippen LogP contribution in [0.4, 0.5) is 0 Å². The van der Waals surface area contributed by atoms with Crippen LogP contribution in [0.1, 0.15) is 25.7 Å². The van der Waals surface area contributed by atoms with E-state index in [1.54, 1.807) is 11.8 Å². The SMILES string of the molecule is Cl.O=C(NCCSc1ccccc1)[C@@]12CCCC[C@H]1CNC2. The zero-order chi connectivity index (χ0) is 14.5. The van der Waals surface area contributed by atoms with Crippen LogP contribution in [0.3, 0.4) is 0 Å². The van der Waals surface area contributed by atoms with Gasteiger partial charge in [0.25, 0.3) is 0 Å². The van der Waals surface area contributed by atoms with Crippen LogP contribution >= 0.6 is 24.2 Å². The molecule has 122 valence electrons. The summed E-state index contributed by atoms with van der Waals surface area (Å²) in [6, 6.07) is 10.4. The maximum Gasteiger partial charge on any atom is 0.227 e. The van der Waals surface area contributed by atoms with E-state index >= 15 is 0 Å². The molecule has 1 aliphatic carbocycles. The quantitative estimate of drug-likeness (QED) is 0.639. The second kappa shape index (κ2) is 8.23. The monoisotopic (exact) mass is 340 g/mol. The Morgan fingerprint density at radius 3 is 2.95 bits per heavy atom. The third-order valence-corrected chi connectivity index (χ3v) is 5.90. The molecule has 0 bridgehead atoms. The first-order chi connectivity index (χ1) is 10.3. The fraction of sp³-hybridized carbons (Fsp3) is 0.588. The van der Waals surface area contributed by atoms with Gasteiger partial charge >= 0.3 is 0 Å². The average Bonchev–Trinajstić information content (AvgIpc) is 2.97. The summed E-state index contributed by atoms with van der Waals surface area (Å²) in [5.41, 5.74) is -0.115. The number of hydrogen-bond donors (Lipinski definition) is 2. The zero-order valence-electron chi connectivity index (χ0n) is 12.8. The Morgan fingerprint density at radius 2 is 2.14 bits per heavy atom. The summed E-state index contributed by atoms with van der Waals surface area (Å²) < 4.78 is 0. The Labute approximate surface area is 143 Å². The van der Waals surface area contributed by atoms with Gasteiger partial charge in [0.2, 0.25) is 5.91 Å². The van der Waals surface area contributed by atoms with E-state index in [-0.39, 0.29) is 23.7 Å². The van der Waals surface area contributed by atoms with Crippen molar-refractivity contribution in [2.75, 3.05) is 25.4 Å². The normalized spacial score (nSPS) is 26.8. The first kappa shape index (κ1) is 17.6. The molecule has 0 unspecified atom stereocenters. The lowest BCUT2D eigenvalue weighted by Gasteiger charge is -2.37. The highest BCUT2D eigenvalue weighted by Gasteiger charge is 2.49. The maximum absolute atomic E-state index is 12.7. The predicted molar refractivity (Wildman–Crippen MR) is 94.7 cm³/mol. The summed E-state index contributed by atoms with van der Waals surface area (Å²) in [6.45, 7) is 2.65. The standard InChI is InChI=1S/C17H24N2OS.ClH/c20-16(17-9-5-4-6-14(17)12-18-13-17)19-10-11-21-15-7-2-1-3-8-15;/h1-3,7-8,14,18H,4-6,9-13H2,(H,19,20);1H/t14-,17+;/m0./s1. The van der Waals surface area contributed by atoms with Crippen molar-refractivity contribution in [1.82, 2.24) is 10.6 Å². The minimum Gasteiger partial charge on any atom is -0.355 e. The molecule has 5 heteroatoms. The second-order valence-corrected chi connectivity index (χ2v) is 7.32. The highest BCUT2D eigenvalue weighted by Crippen LogP contribution is 2.43. The molecule has 3 nitrogen and oxygen atoms in total. The van der Waals surface area contributed by atoms with Gasteiger partial charge in [0.05, 0.1) is 5.41 Å². The van der Waals surface area contributed by atoms with E-state index in [2.05, 4.69) is 34.9 Å². The largest absolute Gasteiger partial charge is 0.355 e. The van der Waals surface area contributed by atoms with Gasteiger partial charge < -0.3 is 10.6 Å². The zero-order valence-corrected chi connectivity index (χ0v) is 14.5. The van der Waals surface area contributed by atoms with E-state index in [4.69, 9.17) is 0 Å². The molecule has 1 amide bonds. The molecule has 0 spiro atoms. The van der Waals surface area contributed by atoms with Gasteiger partial charge in [-0.15, -0.1) is 24.2 Å². The molecule has 1 aromatic rings. The number of rotatable bonds is 5. The number of carbonyl (C=O) groups is 1. The number of halogens is 1. The van der Waals surface area contributed by atoms with Crippen LogP contribution < -0.4 is 10.6 Å².